The van der Waals surface area contributed by atoms with Crippen LogP contribution in [0.3, 0.4) is 0 Å². The number of hydrogen-bond acceptors (Lipinski definition) is 2. The SMILES string of the molecule is CCC(=O)c1ccc(N2CCCCCC2CC)cc1. The smallest absolute Gasteiger partial charge is 0.162 e. The maximum Gasteiger partial charge on any atom is 0.162 e. The van der Waals surface area contributed by atoms with Crippen LogP contribution in [-0.2, 0) is 0 Å². The van der Waals surface area contributed by atoms with Crippen LogP contribution >= 0.6 is 0 Å². The summed E-state index contributed by atoms with van der Waals surface area (Å²) in [7, 11) is 0. The van der Waals surface area contributed by atoms with Gasteiger partial charge in [0.2, 0.25) is 0 Å². The Bertz CT molecular complexity index is 410. The highest BCUT2D eigenvalue weighted by Crippen LogP contribution is 2.26. The Hall–Kier alpha value is -1.31. The fraction of sp³-hybridized carbons (Fsp3) is 0.588. The van der Waals surface area contributed by atoms with Gasteiger partial charge < -0.3 is 4.90 Å². The van der Waals surface area contributed by atoms with Crippen molar-refractivity contribution in [2.75, 3.05) is 11.4 Å². The molecule has 0 spiro atoms. The van der Waals surface area contributed by atoms with Gasteiger partial charge in [-0.15, -0.1) is 0 Å². The quantitative estimate of drug-likeness (QED) is 0.745. The van der Waals surface area contributed by atoms with Crippen molar-refractivity contribution in [1.29, 1.82) is 0 Å². The topological polar surface area (TPSA) is 20.3 Å². The molecule has 1 atom stereocenters. The van der Waals surface area contributed by atoms with Gasteiger partial charge in [0, 0.05) is 30.3 Å². The lowest BCUT2D eigenvalue weighted by Crippen LogP contribution is -2.34. The predicted molar refractivity (Wildman–Crippen MR) is 81.0 cm³/mol. The molecule has 1 fully saturated rings. The molecule has 1 aliphatic heterocycles. The van der Waals surface area contributed by atoms with E-state index in [0.717, 1.165) is 12.1 Å². The van der Waals surface area contributed by atoms with Crippen molar-refractivity contribution < 1.29 is 4.79 Å². The first kappa shape index (κ1) is 14.1. The van der Waals surface area contributed by atoms with Crippen molar-refractivity contribution in [3.63, 3.8) is 0 Å². The zero-order chi connectivity index (χ0) is 13.7. The number of carbonyl (C=O) groups is 1. The van der Waals surface area contributed by atoms with Crippen molar-refractivity contribution in [2.24, 2.45) is 0 Å². The minimum atomic E-state index is 0.231. The summed E-state index contributed by atoms with van der Waals surface area (Å²) in [5.41, 5.74) is 2.12. The summed E-state index contributed by atoms with van der Waals surface area (Å²) in [6, 6.07) is 8.88. The van der Waals surface area contributed by atoms with Crippen LogP contribution in [-0.4, -0.2) is 18.4 Å². The summed E-state index contributed by atoms with van der Waals surface area (Å²) < 4.78 is 0. The summed E-state index contributed by atoms with van der Waals surface area (Å²) in [4.78, 5) is 14.2. The van der Waals surface area contributed by atoms with E-state index in [-0.39, 0.29) is 5.78 Å². The Kier molecular flexibility index (Phi) is 5.00. The molecule has 0 bridgehead atoms. The van der Waals surface area contributed by atoms with Gasteiger partial charge in [0.05, 0.1) is 0 Å². The van der Waals surface area contributed by atoms with E-state index in [1.165, 1.54) is 37.8 Å². The highest BCUT2D eigenvalue weighted by Gasteiger charge is 2.19. The van der Waals surface area contributed by atoms with E-state index < -0.39 is 0 Å². The van der Waals surface area contributed by atoms with Crippen LogP contribution in [0.2, 0.25) is 0 Å². The van der Waals surface area contributed by atoms with E-state index in [2.05, 4.69) is 24.0 Å². The van der Waals surface area contributed by atoms with Crippen LogP contribution in [0.5, 0.6) is 0 Å². The van der Waals surface area contributed by atoms with Crippen LogP contribution in [0.4, 0.5) is 5.69 Å². The lowest BCUT2D eigenvalue weighted by molar-refractivity contribution is 0.0988. The molecule has 104 valence electrons. The van der Waals surface area contributed by atoms with E-state index in [9.17, 15) is 4.79 Å². The molecule has 19 heavy (non-hydrogen) atoms. The maximum atomic E-state index is 11.7. The average Bonchev–Trinajstić information content (AvgIpc) is 2.71. The van der Waals surface area contributed by atoms with E-state index in [1.54, 1.807) is 0 Å². The number of rotatable bonds is 4. The minimum absolute atomic E-state index is 0.231. The fourth-order valence-electron chi connectivity index (χ4n) is 2.98. The predicted octanol–water partition coefficient (Wildman–Crippen LogP) is 4.44. The largest absolute Gasteiger partial charge is 0.369 e. The molecule has 1 saturated heterocycles. The van der Waals surface area contributed by atoms with Crippen molar-refractivity contribution in [3.05, 3.63) is 29.8 Å². The number of Topliss-reactive ketones (excluding diaryl/α,β-unsaturated/α-hetero) is 1. The van der Waals surface area contributed by atoms with Gasteiger partial charge in [-0.25, -0.2) is 0 Å². The summed E-state index contributed by atoms with van der Waals surface area (Å²) in [5.74, 6) is 0.231. The summed E-state index contributed by atoms with van der Waals surface area (Å²) in [5, 5.41) is 0. The molecule has 1 heterocycles. The number of nitrogens with zero attached hydrogens (tertiary/aromatic N) is 1. The zero-order valence-corrected chi connectivity index (χ0v) is 12.2. The highest BCUT2D eigenvalue weighted by atomic mass is 16.1. The lowest BCUT2D eigenvalue weighted by atomic mass is 10.1. The van der Waals surface area contributed by atoms with Crippen LogP contribution in [0.15, 0.2) is 24.3 Å². The third kappa shape index (κ3) is 3.37. The number of anilines is 1. The van der Waals surface area contributed by atoms with Gasteiger partial charge in [0.25, 0.3) is 0 Å². The first-order chi connectivity index (χ1) is 9.26. The Morgan fingerprint density at radius 2 is 1.89 bits per heavy atom. The average molecular weight is 259 g/mol. The molecular weight excluding hydrogens is 234 g/mol. The second kappa shape index (κ2) is 6.74. The molecule has 0 aromatic heterocycles. The highest BCUT2D eigenvalue weighted by molar-refractivity contribution is 5.96. The summed E-state index contributed by atoms with van der Waals surface area (Å²) in [6.07, 6.45) is 7.06. The first-order valence-corrected chi connectivity index (χ1v) is 7.66. The Labute approximate surface area is 116 Å². The second-order valence-electron chi connectivity index (χ2n) is 5.43. The van der Waals surface area contributed by atoms with Gasteiger partial charge >= 0.3 is 0 Å². The molecule has 1 aromatic rings. The molecule has 1 aromatic carbocycles. The Balaban J connectivity index is 2.17. The number of ketones is 1. The van der Waals surface area contributed by atoms with Gasteiger partial charge in [-0.1, -0.05) is 26.7 Å². The van der Waals surface area contributed by atoms with Crippen molar-refractivity contribution >= 4 is 11.5 Å². The molecule has 0 aliphatic carbocycles. The molecule has 1 unspecified atom stereocenters. The molecule has 2 nitrogen and oxygen atoms in total. The molecule has 1 aliphatic rings. The lowest BCUT2D eigenvalue weighted by Gasteiger charge is -2.31. The van der Waals surface area contributed by atoms with Gasteiger partial charge in [0.1, 0.15) is 0 Å². The molecule has 0 amide bonds. The van der Waals surface area contributed by atoms with Gasteiger partial charge in [-0.05, 0) is 43.5 Å². The number of carbonyl (C=O) groups excluding carboxylic acids is 1. The normalized spacial score (nSPS) is 20.1. The van der Waals surface area contributed by atoms with Gasteiger partial charge in [0.15, 0.2) is 5.78 Å². The maximum absolute atomic E-state index is 11.7. The van der Waals surface area contributed by atoms with Crippen LogP contribution in [0.1, 0.15) is 62.7 Å². The van der Waals surface area contributed by atoms with Gasteiger partial charge in [-0.3, -0.25) is 4.79 Å². The van der Waals surface area contributed by atoms with Crippen LogP contribution in [0, 0.1) is 0 Å². The van der Waals surface area contributed by atoms with E-state index in [4.69, 9.17) is 0 Å². The monoisotopic (exact) mass is 259 g/mol. The van der Waals surface area contributed by atoms with Crippen molar-refractivity contribution in [2.45, 2.75) is 58.4 Å². The van der Waals surface area contributed by atoms with Crippen molar-refractivity contribution in [1.82, 2.24) is 0 Å². The minimum Gasteiger partial charge on any atom is -0.369 e. The third-order valence-electron chi connectivity index (χ3n) is 4.19. The van der Waals surface area contributed by atoms with Gasteiger partial charge in [-0.2, -0.15) is 0 Å². The fourth-order valence-corrected chi connectivity index (χ4v) is 2.98. The van der Waals surface area contributed by atoms with Crippen LogP contribution < -0.4 is 4.90 Å². The van der Waals surface area contributed by atoms with Crippen LogP contribution in [0.25, 0.3) is 0 Å². The van der Waals surface area contributed by atoms with E-state index in [1.807, 2.05) is 19.1 Å². The third-order valence-corrected chi connectivity index (χ3v) is 4.19. The molecule has 0 radical (unpaired) electrons. The van der Waals surface area contributed by atoms with E-state index in [0.29, 0.717) is 12.5 Å². The summed E-state index contributed by atoms with van der Waals surface area (Å²) in [6.45, 7) is 5.34. The molecule has 2 rings (SSSR count). The number of benzene rings is 1. The molecule has 0 N–H and O–H groups in total. The molecule has 0 saturated carbocycles. The molecule has 2 heteroatoms. The zero-order valence-electron chi connectivity index (χ0n) is 12.2. The second-order valence-corrected chi connectivity index (χ2v) is 5.43. The summed E-state index contributed by atoms with van der Waals surface area (Å²) >= 11 is 0. The van der Waals surface area contributed by atoms with Crippen molar-refractivity contribution in [3.8, 4) is 0 Å². The Morgan fingerprint density at radius 3 is 2.53 bits per heavy atom. The molecular formula is C17H25NO. The first-order valence-electron chi connectivity index (χ1n) is 7.66. The van der Waals surface area contributed by atoms with E-state index >= 15 is 0 Å². The number of hydrogen-bond donors (Lipinski definition) is 0. The standard InChI is InChI=1S/C17H25NO/c1-3-15-8-6-5-7-13-18(15)16-11-9-14(10-12-16)17(19)4-2/h9-12,15H,3-8,13H2,1-2H3. The Morgan fingerprint density at radius 1 is 1.16 bits per heavy atom.